The minimum atomic E-state index is -0.210. The van der Waals surface area contributed by atoms with Gasteiger partial charge in [0.1, 0.15) is 6.61 Å². The van der Waals surface area contributed by atoms with Crippen LogP contribution in [0.25, 0.3) is 0 Å². The summed E-state index contributed by atoms with van der Waals surface area (Å²) in [5.41, 5.74) is 1.26. The summed E-state index contributed by atoms with van der Waals surface area (Å²) in [6.45, 7) is 7.26. The van der Waals surface area contributed by atoms with Gasteiger partial charge < -0.3 is 19.7 Å². The first-order valence-electron chi connectivity index (χ1n) is 9.97. The fourth-order valence-corrected chi connectivity index (χ4v) is 3.84. The minimum absolute atomic E-state index is 0.109. The Kier molecular flexibility index (Phi) is 5.47. The quantitative estimate of drug-likeness (QED) is 0.845. The second kappa shape index (κ2) is 8.18. The van der Waals surface area contributed by atoms with Crippen LogP contribution in [-0.2, 0) is 0 Å². The molecule has 0 saturated carbocycles. The number of likely N-dealkylation sites (N-methyl/N-ethyl adjacent to an activating group) is 1. The molecule has 2 aliphatic rings. The number of para-hydroxylation sites is 2. The molecule has 3 heterocycles. The van der Waals surface area contributed by atoms with Crippen LogP contribution in [0.4, 0.5) is 0 Å². The lowest BCUT2D eigenvalue weighted by atomic mass is 10.1. The Bertz CT molecular complexity index is 831. The van der Waals surface area contributed by atoms with E-state index in [9.17, 15) is 4.79 Å². The van der Waals surface area contributed by atoms with Crippen LogP contribution in [0.2, 0.25) is 0 Å². The maximum Gasteiger partial charge on any atom is 0.276 e. The third-order valence-electron chi connectivity index (χ3n) is 5.45. The van der Waals surface area contributed by atoms with Gasteiger partial charge in [-0.2, -0.15) is 0 Å². The molecular weight excluding hydrogens is 358 g/mol. The van der Waals surface area contributed by atoms with Crippen molar-refractivity contribution in [3.05, 3.63) is 35.7 Å². The predicted octanol–water partition coefficient (Wildman–Crippen LogP) is 1.81. The molecule has 4 rings (SSSR count). The summed E-state index contributed by atoms with van der Waals surface area (Å²) in [5, 5.41) is 11.9. The average molecular weight is 385 g/mol. The zero-order valence-corrected chi connectivity index (χ0v) is 16.4. The number of aromatic nitrogens is 3. The van der Waals surface area contributed by atoms with Gasteiger partial charge in [-0.25, -0.2) is 4.68 Å². The predicted molar refractivity (Wildman–Crippen MR) is 104 cm³/mol. The van der Waals surface area contributed by atoms with Crippen LogP contribution in [0.3, 0.4) is 0 Å². The topological polar surface area (TPSA) is 81.5 Å². The smallest absolute Gasteiger partial charge is 0.276 e. The van der Waals surface area contributed by atoms with E-state index in [2.05, 4.69) is 15.6 Å². The summed E-state index contributed by atoms with van der Waals surface area (Å²) in [6.07, 6.45) is 1.79. The first kappa shape index (κ1) is 18.7. The number of ether oxygens (including phenoxy) is 2. The molecule has 1 N–H and O–H groups in total. The molecule has 8 nitrogen and oxygen atoms in total. The van der Waals surface area contributed by atoms with Gasteiger partial charge in [0.05, 0.1) is 18.3 Å². The number of hydrogen-bond donors (Lipinski definition) is 1. The molecule has 1 atom stereocenters. The number of benzene rings is 1. The highest BCUT2D eigenvalue weighted by Crippen LogP contribution is 2.31. The summed E-state index contributed by atoms with van der Waals surface area (Å²) in [4.78, 5) is 14.9. The van der Waals surface area contributed by atoms with Crippen LogP contribution in [0, 0.1) is 6.92 Å². The number of carbonyl (C=O) groups excluding carboxylic acids is 1. The van der Waals surface area contributed by atoms with Crippen molar-refractivity contribution in [3.63, 3.8) is 0 Å². The molecule has 28 heavy (non-hydrogen) atoms. The van der Waals surface area contributed by atoms with Crippen molar-refractivity contribution in [2.75, 3.05) is 32.8 Å². The summed E-state index contributed by atoms with van der Waals surface area (Å²) in [6, 6.07) is 7.90. The van der Waals surface area contributed by atoms with Crippen molar-refractivity contribution in [1.82, 2.24) is 25.2 Å². The number of nitrogens with zero attached hydrogens (tertiary/aromatic N) is 4. The molecule has 8 heteroatoms. The van der Waals surface area contributed by atoms with Crippen molar-refractivity contribution in [3.8, 4) is 11.5 Å². The number of piperidine rings is 1. The third-order valence-corrected chi connectivity index (χ3v) is 5.45. The molecule has 0 radical (unpaired) electrons. The molecule has 1 aromatic heterocycles. The zero-order valence-electron chi connectivity index (χ0n) is 16.4. The fourth-order valence-electron chi connectivity index (χ4n) is 3.84. The van der Waals surface area contributed by atoms with Crippen LogP contribution >= 0.6 is 0 Å². The van der Waals surface area contributed by atoms with Crippen LogP contribution in [0.1, 0.15) is 42.0 Å². The zero-order chi connectivity index (χ0) is 19.5. The largest absolute Gasteiger partial charge is 0.486 e. The summed E-state index contributed by atoms with van der Waals surface area (Å²) >= 11 is 0. The number of fused-ring (bicyclic) bond motifs is 1. The van der Waals surface area contributed by atoms with Crippen LogP contribution in [0.5, 0.6) is 11.5 Å². The average Bonchev–Trinajstić information content (AvgIpc) is 3.13. The highest BCUT2D eigenvalue weighted by atomic mass is 16.6. The second-order valence-corrected chi connectivity index (χ2v) is 7.29. The molecule has 0 bridgehead atoms. The molecule has 1 amide bonds. The van der Waals surface area contributed by atoms with Gasteiger partial charge >= 0.3 is 0 Å². The van der Waals surface area contributed by atoms with Crippen molar-refractivity contribution < 1.29 is 14.3 Å². The monoisotopic (exact) mass is 385 g/mol. The van der Waals surface area contributed by atoms with Gasteiger partial charge in [-0.3, -0.25) is 4.79 Å². The second-order valence-electron chi connectivity index (χ2n) is 7.29. The lowest BCUT2D eigenvalue weighted by Crippen LogP contribution is -2.44. The molecular formula is C20H27N5O3. The van der Waals surface area contributed by atoms with Gasteiger partial charge in [-0.15, -0.1) is 5.10 Å². The van der Waals surface area contributed by atoms with E-state index in [0.29, 0.717) is 31.4 Å². The van der Waals surface area contributed by atoms with Crippen LogP contribution in [0.15, 0.2) is 24.3 Å². The molecule has 0 unspecified atom stereocenters. The molecule has 2 aromatic rings. The minimum Gasteiger partial charge on any atom is -0.486 e. The van der Waals surface area contributed by atoms with Gasteiger partial charge in [-0.05, 0) is 51.9 Å². The Morgan fingerprint density at radius 2 is 2.04 bits per heavy atom. The van der Waals surface area contributed by atoms with Crippen molar-refractivity contribution in [2.45, 2.75) is 38.8 Å². The number of amides is 1. The lowest BCUT2D eigenvalue weighted by molar-refractivity contribution is 0.0470. The Morgan fingerprint density at radius 1 is 1.29 bits per heavy atom. The Hall–Kier alpha value is -2.61. The van der Waals surface area contributed by atoms with Crippen LogP contribution < -0.4 is 14.8 Å². The van der Waals surface area contributed by atoms with E-state index in [1.54, 1.807) is 4.90 Å². The third kappa shape index (κ3) is 3.69. The van der Waals surface area contributed by atoms with E-state index in [0.717, 1.165) is 43.1 Å². The molecule has 2 aliphatic heterocycles. The highest BCUT2D eigenvalue weighted by molar-refractivity contribution is 5.93. The number of nitrogens with one attached hydrogen (secondary N) is 1. The van der Waals surface area contributed by atoms with Gasteiger partial charge in [0, 0.05) is 6.54 Å². The Morgan fingerprint density at radius 3 is 2.79 bits per heavy atom. The maximum absolute atomic E-state index is 13.1. The molecule has 150 valence electrons. The first-order chi connectivity index (χ1) is 13.7. The first-order valence-corrected chi connectivity index (χ1v) is 9.97. The van der Waals surface area contributed by atoms with Crippen molar-refractivity contribution >= 4 is 5.91 Å². The van der Waals surface area contributed by atoms with E-state index < -0.39 is 0 Å². The van der Waals surface area contributed by atoms with E-state index in [4.69, 9.17) is 9.47 Å². The van der Waals surface area contributed by atoms with Crippen molar-refractivity contribution in [2.24, 2.45) is 0 Å². The van der Waals surface area contributed by atoms with Crippen LogP contribution in [-0.4, -0.2) is 64.7 Å². The molecule has 1 saturated heterocycles. The van der Waals surface area contributed by atoms with E-state index in [-0.39, 0.29) is 12.0 Å². The van der Waals surface area contributed by atoms with E-state index >= 15 is 0 Å². The number of carbonyl (C=O) groups is 1. The van der Waals surface area contributed by atoms with Gasteiger partial charge in [0.15, 0.2) is 23.3 Å². The molecule has 0 spiro atoms. The fraction of sp³-hybridized carbons (Fsp3) is 0.550. The van der Waals surface area contributed by atoms with E-state index in [1.165, 1.54) is 0 Å². The maximum atomic E-state index is 13.1. The number of hydrogen-bond acceptors (Lipinski definition) is 6. The van der Waals surface area contributed by atoms with Gasteiger partial charge in [0.25, 0.3) is 5.91 Å². The normalized spacial score (nSPS) is 19.4. The molecule has 1 fully saturated rings. The lowest BCUT2D eigenvalue weighted by Gasteiger charge is -2.30. The summed E-state index contributed by atoms with van der Waals surface area (Å²) < 4.78 is 13.7. The molecule has 1 aromatic carbocycles. The Labute approximate surface area is 164 Å². The van der Waals surface area contributed by atoms with Crippen molar-refractivity contribution in [1.29, 1.82) is 0 Å². The van der Waals surface area contributed by atoms with Gasteiger partial charge in [-0.1, -0.05) is 17.3 Å². The van der Waals surface area contributed by atoms with E-state index in [1.807, 2.05) is 42.8 Å². The SMILES string of the molecule is CCN(C[C@H]1COc2ccccc2O1)C(=O)c1nnn(C2CCNCC2)c1C. The summed E-state index contributed by atoms with van der Waals surface area (Å²) in [5.74, 6) is 1.35. The highest BCUT2D eigenvalue weighted by Gasteiger charge is 2.29. The Balaban J connectivity index is 1.45. The number of rotatable bonds is 5. The molecule has 0 aliphatic carbocycles. The summed E-state index contributed by atoms with van der Waals surface area (Å²) in [7, 11) is 0. The van der Waals surface area contributed by atoms with Gasteiger partial charge in [0.2, 0.25) is 0 Å². The standard InChI is InChI=1S/C20H27N5O3/c1-3-24(12-16-13-27-17-6-4-5-7-18(17)28-16)20(26)19-14(2)25(23-22-19)15-8-10-21-11-9-15/h4-7,15-16,21H,3,8-13H2,1-2H3/t16-/m0/s1.